The number of benzene rings is 2. The third-order valence-corrected chi connectivity index (χ3v) is 5.08. The Kier molecular flexibility index (Phi) is 9.03. The number of halogens is 1. The lowest BCUT2D eigenvalue weighted by atomic mass is 10.0. The summed E-state index contributed by atoms with van der Waals surface area (Å²) < 4.78 is 13.3. The molecule has 0 heterocycles. The highest BCUT2D eigenvalue weighted by molar-refractivity contribution is 5.87. The first-order valence-electron chi connectivity index (χ1n) is 10.7. The Labute approximate surface area is 179 Å². The van der Waals surface area contributed by atoms with Crippen LogP contribution < -0.4 is 5.32 Å². The van der Waals surface area contributed by atoms with Gasteiger partial charge in [-0.3, -0.25) is 9.59 Å². The minimum absolute atomic E-state index is 0.0774. The predicted molar refractivity (Wildman–Crippen MR) is 118 cm³/mol. The van der Waals surface area contributed by atoms with Gasteiger partial charge in [-0.2, -0.15) is 0 Å². The van der Waals surface area contributed by atoms with Crippen molar-refractivity contribution in [2.24, 2.45) is 5.92 Å². The molecule has 0 bridgehead atoms. The molecule has 0 aliphatic rings. The Hall–Kier alpha value is -2.69. The van der Waals surface area contributed by atoms with Gasteiger partial charge in [-0.15, -0.1) is 0 Å². The first kappa shape index (κ1) is 23.6. The first-order chi connectivity index (χ1) is 14.3. The second kappa shape index (κ2) is 11.5. The van der Waals surface area contributed by atoms with Crippen LogP contribution in [0, 0.1) is 18.7 Å². The van der Waals surface area contributed by atoms with Gasteiger partial charge in [-0.05, 0) is 48.9 Å². The van der Waals surface area contributed by atoms with Gasteiger partial charge in [0, 0.05) is 19.5 Å². The maximum absolute atomic E-state index is 13.3. The van der Waals surface area contributed by atoms with Crippen LogP contribution in [-0.2, 0) is 22.6 Å². The Morgan fingerprint density at radius 3 is 2.17 bits per heavy atom. The van der Waals surface area contributed by atoms with Crippen LogP contribution in [0.2, 0.25) is 0 Å². The van der Waals surface area contributed by atoms with Gasteiger partial charge in [-0.1, -0.05) is 62.7 Å². The molecule has 1 atom stereocenters. The summed E-state index contributed by atoms with van der Waals surface area (Å²) in [5.41, 5.74) is 3.07. The van der Waals surface area contributed by atoms with E-state index in [2.05, 4.69) is 5.32 Å². The molecule has 0 aliphatic heterocycles. The molecule has 30 heavy (non-hydrogen) atoms. The number of rotatable bonds is 10. The maximum atomic E-state index is 13.3. The van der Waals surface area contributed by atoms with Crippen molar-refractivity contribution in [3.05, 3.63) is 71.0 Å². The third-order valence-electron chi connectivity index (χ3n) is 5.08. The molecule has 0 saturated carbocycles. The minimum atomic E-state index is -0.556. The normalized spacial score (nSPS) is 11.9. The third kappa shape index (κ3) is 7.29. The zero-order chi connectivity index (χ0) is 22.1. The number of aryl methyl sites for hydroxylation is 2. The Balaban J connectivity index is 2.17. The molecule has 2 aromatic rings. The molecule has 2 aromatic carbocycles. The SMILES string of the molecule is CC[C@H](C(=O)NCC(C)C)N(Cc1ccc(F)cc1)C(=O)CCc1ccc(C)cc1. The molecule has 0 aliphatic carbocycles. The number of nitrogens with zero attached hydrogens (tertiary/aromatic N) is 1. The van der Waals surface area contributed by atoms with Gasteiger partial charge in [-0.25, -0.2) is 4.39 Å². The summed E-state index contributed by atoms with van der Waals surface area (Å²) in [4.78, 5) is 27.6. The number of hydrogen-bond acceptors (Lipinski definition) is 2. The molecule has 0 unspecified atom stereocenters. The quantitative estimate of drug-likeness (QED) is 0.618. The van der Waals surface area contributed by atoms with Crippen molar-refractivity contribution in [1.82, 2.24) is 10.2 Å². The highest BCUT2D eigenvalue weighted by Gasteiger charge is 2.28. The van der Waals surface area contributed by atoms with Crippen molar-refractivity contribution in [1.29, 1.82) is 0 Å². The van der Waals surface area contributed by atoms with Gasteiger partial charge in [0.15, 0.2) is 0 Å². The molecule has 0 fully saturated rings. The van der Waals surface area contributed by atoms with Crippen molar-refractivity contribution < 1.29 is 14.0 Å². The Bertz CT molecular complexity index is 816. The molecule has 1 N–H and O–H groups in total. The molecule has 0 spiro atoms. The van der Waals surface area contributed by atoms with E-state index in [9.17, 15) is 14.0 Å². The number of carbonyl (C=O) groups is 2. The second-order valence-electron chi connectivity index (χ2n) is 8.20. The molecule has 0 radical (unpaired) electrons. The zero-order valence-electron chi connectivity index (χ0n) is 18.5. The van der Waals surface area contributed by atoms with Crippen molar-refractivity contribution in [3.8, 4) is 0 Å². The zero-order valence-corrected chi connectivity index (χ0v) is 18.5. The maximum Gasteiger partial charge on any atom is 0.242 e. The molecule has 162 valence electrons. The van der Waals surface area contributed by atoms with Crippen LogP contribution in [0.4, 0.5) is 4.39 Å². The van der Waals surface area contributed by atoms with Gasteiger partial charge >= 0.3 is 0 Å². The van der Waals surface area contributed by atoms with Crippen molar-refractivity contribution in [2.75, 3.05) is 6.54 Å². The van der Waals surface area contributed by atoms with Gasteiger partial charge < -0.3 is 10.2 Å². The summed E-state index contributed by atoms with van der Waals surface area (Å²) in [6.07, 6.45) is 1.45. The van der Waals surface area contributed by atoms with Gasteiger partial charge in [0.05, 0.1) is 0 Å². The predicted octanol–water partition coefficient (Wildman–Crippen LogP) is 4.65. The van der Waals surface area contributed by atoms with Gasteiger partial charge in [0.25, 0.3) is 0 Å². The summed E-state index contributed by atoms with van der Waals surface area (Å²) in [6.45, 7) is 8.85. The minimum Gasteiger partial charge on any atom is -0.354 e. The number of carbonyl (C=O) groups excluding carboxylic acids is 2. The standard InChI is InChI=1S/C25H33FN2O2/c1-5-23(25(30)27-16-18(2)3)28(17-21-10-13-22(26)14-11-21)24(29)15-12-20-8-6-19(4)7-9-20/h6-11,13-14,18,23H,5,12,15-17H2,1-4H3,(H,27,30)/t23-/m1/s1. The van der Waals surface area contributed by atoms with Crippen molar-refractivity contribution >= 4 is 11.8 Å². The van der Waals surface area contributed by atoms with Gasteiger partial charge in [0.2, 0.25) is 11.8 Å². The lowest BCUT2D eigenvalue weighted by Gasteiger charge is -2.31. The van der Waals surface area contributed by atoms with E-state index in [-0.39, 0.29) is 24.2 Å². The smallest absolute Gasteiger partial charge is 0.242 e. The topological polar surface area (TPSA) is 49.4 Å². The van der Waals surface area contributed by atoms with Crippen LogP contribution in [0.1, 0.15) is 50.3 Å². The van der Waals surface area contributed by atoms with E-state index in [1.807, 2.05) is 52.0 Å². The van der Waals surface area contributed by atoms with Crippen LogP contribution >= 0.6 is 0 Å². The van der Waals surface area contributed by atoms with E-state index in [0.29, 0.717) is 31.7 Å². The summed E-state index contributed by atoms with van der Waals surface area (Å²) in [6, 6.07) is 13.6. The summed E-state index contributed by atoms with van der Waals surface area (Å²) in [5, 5.41) is 2.95. The van der Waals surface area contributed by atoms with Crippen LogP contribution in [0.25, 0.3) is 0 Å². The lowest BCUT2D eigenvalue weighted by Crippen LogP contribution is -2.49. The van der Waals surface area contributed by atoms with E-state index < -0.39 is 6.04 Å². The number of nitrogens with one attached hydrogen (secondary N) is 1. The fourth-order valence-electron chi connectivity index (χ4n) is 3.28. The fourth-order valence-corrected chi connectivity index (χ4v) is 3.28. The molecule has 0 saturated heterocycles. The Morgan fingerprint density at radius 1 is 1.00 bits per heavy atom. The summed E-state index contributed by atoms with van der Waals surface area (Å²) in [5.74, 6) is -0.213. The fraction of sp³-hybridized carbons (Fsp3) is 0.440. The highest BCUT2D eigenvalue weighted by atomic mass is 19.1. The van der Waals surface area contributed by atoms with E-state index in [0.717, 1.165) is 11.1 Å². The molecular weight excluding hydrogens is 379 g/mol. The molecule has 2 amide bonds. The Morgan fingerprint density at radius 2 is 1.60 bits per heavy atom. The highest BCUT2D eigenvalue weighted by Crippen LogP contribution is 2.16. The number of amides is 2. The number of hydrogen-bond donors (Lipinski definition) is 1. The van der Waals surface area contributed by atoms with Gasteiger partial charge in [0.1, 0.15) is 11.9 Å². The first-order valence-corrected chi connectivity index (χ1v) is 10.7. The second-order valence-corrected chi connectivity index (χ2v) is 8.20. The summed E-state index contributed by atoms with van der Waals surface area (Å²) in [7, 11) is 0. The monoisotopic (exact) mass is 412 g/mol. The molecule has 4 nitrogen and oxygen atoms in total. The van der Waals surface area contributed by atoms with E-state index >= 15 is 0 Å². The molecule has 2 rings (SSSR count). The lowest BCUT2D eigenvalue weighted by molar-refractivity contribution is -0.141. The molecule has 0 aromatic heterocycles. The van der Waals surface area contributed by atoms with E-state index in [1.54, 1.807) is 17.0 Å². The van der Waals surface area contributed by atoms with Crippen LogP contribution in [0.15, 0.2) is 48.5 Å². The van der Waals surface area contributed by atoms with E-state index in [4.69, 9.17) is 0 Å². The molecule has 5 heteroatoms. The summed E-state index contributed by atoms with van der Waals surface area (Å²) >= 11 is 0. The average Bonchev–Trinajstić information content (AvgIpc) is 2.72. The largest absolute Gasteiger partial charge is 0.354 e. The van der Waals surface area contributed by atoms with Crippen molar-refractivity contribution in [3.63, 3.8) is 0 Å². The van der Waals surface area contributed by atoms with E-state index in [1.165, 1.54) is 17.7 Å². The van der Waals surface area contributed by atoms with Crippen molar-refractivity contribution in [2.45, 2.75) is 59.5 Å². The van der Waals surface area contributed by atoms with Crippen LogP contribution in [0.5, 0.6) is 0 Å². The van der Waals surface area contributed by atoms with Crippen LogP contribution in [-0.4, -0.2) is 29.3 Å². The molecular formula is C25H33FN2O2. The average molecular weight is 413 g/mol. The van der Waals surface area contributed by atoms with Crippen LogP contribution in [0.3, 0.4) is 0 Å².